The van der Waals surface area contributed by atoms with Gasteiger partial charge in [0.1, 0.15) is 5.75 Å². The first-order valence-corrected chi connectivity index (χ1v) is 6.30. The SMILES string of the molecule is Cc1cc(O)ccc1C(=O)NC1CCC(C(=O)O)C1. The lowest BCUT2D eigenvalue weighted by atomic mass is 10.1. The van der Waals surface area contributed by atoms with E-state index in [-0.39, 0.29) is 23.6 Å². The number of hydrogen-bond donors (Lipinski definition) is 3. The number of carboxylic acid groups (broad SMARTS) is 1. The molecule has 1 aliphatic carbocycles. The van der Waals surface area contributed by atoms with Crippen molar-refractivity contribution in [3.63, 3.8) is 0 Å². The van der Waals surface area contributed by atoms with Gasteiger partial charge in [-0.15, -0.1) is 0 Å². The van der Waals surface area contributed by atoms with Crippen LogP contribution >= 0.6 is 0 Å². The van der Waals surface area contributed by atoms with E-state index in [1.165, 1.54) is 12.1 Å². The number of amides is 1. The van der Waals surface area contributed by atoms with Crippen LogP contribution in [-0.4, -0.2) is 28.1 Å². The highest BCUT2D eigenvalue weighted by atomic mass is 16.4. The second kappa shape index (κ2) is 5.30. The van der Waals surface area contributed by atoms with Crippen LogP contribution in [0.4, 0.5) is 0 Å². The first-order valence-electron chi connectivity index (χ1n) is 6.30. The molecule has 0 aromatic heterocycles. The number of benzene rings is 1. The predicted molar refractivity (Wildman–Crippen MR) is 69.1 cm³/mol. The number of rotatable bonds is 3. The fourth-order valence-corrected chi connectivity index (χ4v) is 2.50. The van der Waals surface area contributed by atoms with Crippen LogP contribution in [-0.2, 0) is 4.79 Å². The summed E-state index contributed by atoms with van der Waals surface area (Å²) in [5.74, 6) is -1.24. The number of phenolic OH excluding ortho intramolecular Hbond substituents is 1. The van der Waals surface area contributed by atoms with E-state index in [2.05, 4.69) is 5.32 Å². The average molecular weight is 263 g/mol. The summed E-state index contributed by atoms with van der Waals surface area (Å²) in [6, 6.07) is 4.49. The number of aromatic hydroxyl groups is 1. The maximum atomic E-state index is 12.1. The van der Waals surface area contributed by atoms with E-state index in [1.807, 2.05) is 0 Å². The number of aliphatic carboxylic acids is 1. The molecule has 1 aromatic rings. The highest BCUT2D eigenvalue weighted by molar-refractivity contribution is 5.96. The molecule has 102 valence electrons. The summed E-state index contributed by atoms with van der Waals surface area (Å²) in [4.78, 5) is 22.9. The topological polar surface area (TPSA) is 86.6 Å². The van der Waals surface area contributed by atoms with Crippen LogP contribution in [0.1, 0.15) is 35.2 Å². The minimum absolute atomic E-state index is 0.0817. The van der Waals surface area contributed by atoms with E-state index >= 15 is 0 Å². The third-order valence-corrected chi connectivity index (χ3v) is 3.57. The summed E-state index contributed by atoms with van der Waals surface area (Å²) in [5.41, 5.74) is 1.21. The van der Waals surface area contributed by atoms with E-state index in [1.54, 1.807) is 13.0 Å². The lowest BCUT2D eigenvalue weighted by Crippen LogP contribution is -2.33. The first-order chi connectivity index (χ1) is 8.97. The summed E-state index contributed by atoms with van der Waals surface area (Å²) in [6.45, 7) is 1.75. The molecule has 3 N–H and O–H groups in total. The molecule has 1 fully saturated rings. The largest absolute Gasteiger partial charge is 0.508 e. The second-order valence-corrected chi connectivity index (χ2v) is 5.02. The van der Waals surface area contributed by atoms with Gasteiger partial charge in [-0.25, -0.2) is 0 Å². The van der Waals surface area contributed by atoms with Crippen molar-refractivity contribution in [3.8, 4) is 5.75 Å². The van der Waals surface area contributed by atoms with Gasteiger partial charge in [0.2, 0.25) is 0 Å². The van der Waals surface area contributed by atoms with Crippen LogP contribution in [0.25, 0.3) is 0 Å². The number of hydrogen-bond acceptors (Lipinski definition) is 3. The van der Waals surface area contributed by atoms with Gasteiger partial charge in [0, 0.05) is 11.6 Å². The summed E-state index contributed by atoms with van der Waals surface area (Å²) >= 11 is 0. The number of phenols is 1. The van der Waals surface area contributed by atoms with Crippen molar-refractivity contribution >= 4 is 11.9 Å². The molecule has 2 atom stereocenters. The molecule has 0 saturated heterocycles. The molecule has 1 saturated carbocycles. The number of carbonyl (C=O) groups excluding carboxylic acids is 1. The number of nitrogens with one attached hydrogen (secondary N) is 1. The fraction of sp³-hybridized carbons (Fsp3) is 0.429. The van der Waals surface area contributed by atoms with Crippen LogP contribution in [0.2, 0.25) is 0 Å². The molecule has 0 aliphatic heterocycles. The first kappa shape index (κ1) is 13.4. The van der Waals surface area contributed by atoms with Crippen LogP contribution in [0.5, 0.6) is 5.75 Å². The third-order valence-electron chi connectivity index (χ3n) is 3.57. The smallest absolute Gasteiger partial charge is 0.306 e. The summed E-state index contributed by atoms with van der Waals surface area (Å²) in [5, 5.41) is 21.1. The Bertz CT molecular complexity index is 512. The molecule has 0 spiro atoms. The molecule has 1 aromatic carbocycles. The monoisotopic (exact) mass is 263 g/mol. The molecule has 2 rings (SSSR count). The Morgan fingerprint density at radius 2 is 2.05 bits per heavy atom. The Morgan fingerprint density at radius 3 is 2.63 bits per heavy atom. The predicted octanol–water partition coefficient (Wildman–Crippen LogP) is 1.68. The minimum atomic E-state index is -0.794. The molecule has 2 unspecified atom stereocenters. The molecule has 0 heterocycles. The molecular formula is C14H17NO4. The van der Waals surface area contributed by atoms with Crippen molar-refractivity contribution in [2.45, 2.75) is 32.2 Å². The summed E-state index contributed by atoms with van der Waals surface area (Å²) in [7, 11) is 0. The van der Waals surface area contributed by atoms with Gasteiger partial charge in [0.25, 0.3) is 5.91 Å². The van der Waals surface area contributed by atoms with Gasteiger partial charge in [-0.3, -0.25) is 9.59 Å². The van der Waals surface area contributed by atoms with E-state index < -0.39 is 5.97 Å². The van der Waals surface area contributed by atoms with Gasteiger partial charge in [-0.1, -0.05) is 0 Å². The molecule has 0 bridgehead atoms. The van der Waals surface area contributed by atoms with Crippen molar-refractivity contribution < 1.29 is 19.8 Å². The van der Waals surface area contributed by atoms with Gasteiger partial charge in [0.15, 0.2) is 0 Å². The fourth-order valence-electron chi connectivity index (χ4n) is 2.50. The molecule has 5 heteroatoms. The van der Waals surface area contributed by atoms with Gasteiger partial charge in [-0.2, -0.15) is 0 Å². The normalized spacial score (nSPS) is 22.2. The number of carboxylic acids is 1. The quantitative estimate of drug-likeness (QED) is 0.774. The lowest BCUT2D eigenvalue weighted by molar-refractivity contribution is -0.141. The van der Waals surface area contributed by atoms with Crippen LogP contribution in [0.3, 0.4) is 0 Å². The molecule has 1 aliphatic rings. The van der Waals surface area contributed by atoms with Crippen LogP contribution in [0.15, 0.2) is 18.2 Å². The molecule has 19 heavy (non-hydrogen) atoms. The van der Waals surface area contributed by atoms with Gasteiger partial charge in [0.05, 0.1) is 5.92 Å². The Hall–Kier alpha value is -2.04. The zero-order valence-electron chi connectivity index (χ0n) is 10.7. The Balaban J connectivity index is 2.00. The highest BCUT2D eigenvalue weighted by Crippen LogP contribution is 2.26. The van der Waals surface area contributed by atoms with Crippen LogP contribution < -0.4 is 5.32 Å². The Kier molecular flexibility index (Phi) is 3.74. The zero-order chi connectivity index (χ0) is 14.0. The Labute approximate surface area is 111 Å². The summed E-state index contributed by atoms with van der Waals surface area (Å²) in [6.07, 6.45) is 1.78. The van der Waals surface area contributed by atoms with Crippen molar-refractivity contribution in [1.29, 1.82) is 0 Å². The lowest BCUT2D eigenvalue weighted by Gasteiger charge is -2.13. The highest BCUT2D eigenvalue weighted by Gasteiger charge is 2.30. The van der Waals surface area contributed by atoms with Crippen molar-refractivity contribution in [2.24, 2.45) is 5.92 Å². The zero-order valence-corrected chi connectivity index (χ0v) is 10.7. The van der Waals surface area contributed by atoms with E-state index in [9.17, 15) is 14.7 Å². The molecular weight excluding hydrogens is 246 g/mol. The van der Waals surface area contributed by atoms with Gasteiger partial charge >= 0.3 is 5.97 Å². The van der Waals surface area contributed by atoms with Crippen molar-refractivity contribution in [2.75, 3.05) is 0 Å². The third kappa shape index (κ3) is 3.05. The molecule has 0 radical (unpaired) electrons. The average Bonchev–Trinajstić information content (AvgIpc) is 2.77. The Morgan fingerprint density at radius 1 is 1.32 bits per heavy atom. The van der Waals surface area contributed by atoms with E-state index in [0.717, 1.165) is 0 Å². The standard InChI is InChI=1S/C14H17NO4/c1-8-6-11(16)4-5-12(8)13(17)15-10-3-2-9(7-10)14(18)19/h4-6,9-10,16H,2-3,7H2,1H3,(H,15,17)(H,18,19). The van der Waals surface area contributed by atoms with Gasteiger partial charge < -0.3 is 15.5 Å². The minimum Gasteiger partial charge on any atom is -0.508 e. The summed E-state index contributed by atoms with van der Waals surface area (Å²) < 4.78 is 0. The number of aryl methyl sites for hydroxylation is 1. The van der Waals surface area contributed by atoms with Gasteiger partial charge in [-0.05, 0) is 49.9 Å². The maximum absolute atomic E-state index is 12.1. The molecule has 5 nitrogen and oxygen atoms in total. The van der Waals surface area contributed by atoms with Crippen LogP contribution in [0, 0.1) is 12.8 Å². The molecule has 1 amide bonds. The van der Waals surface area contributed by atoms with E-state index in [4.69, 9.17) is 5.11 Å². The maximum Gasteiger partial charge on any atom is 0.306 e. The van der Waals surface area contributed by atoms with E-state index in [0.29, 0.717) is 30.4 Å². The van der Waals surface area contributed by atoms with Crippen molar-refractivity contribution in [3.05, 3.63) is 29.3 Å². The second-order valence-electron chi connectivity index (χ2n) is 5.02. The number of carbonyl (C=O) groups is 2. The van der Waals surface area contributed by atoms with Crippen molar-refractivity contribution in [1.82, 2.24) is 5.32 Å².